The van der Waals surface area contributed by atoms with Crippen LogP contribution in [0.3, 0.4) is 0 Å². The van der Waals surface area contributed by atoms with E-state index >= 15 is 0 Å². The van der Waals surface area contributed by atoms with Gasteiger partial charge in [-0.25, -0.2) is 4.98 Å². The first-order chi connectivity index (χ1) is 13.0. The fraction of sp³-hybridized carbons (Fsp3) is 0.250. The molecule has 1 aliphatic rings. The number of fused-ring (bicyclic) bond motifs is 1. The van der Waals surface area contributed by atoms with Crippen LogP contribution in [0.2, 0.25) is 0 Å². The van der Waals surface area contributed by atoms with E-state index in [2.05, 4.69) is 14.9 Å². The molecule has 0 saturated carbocycles. The minimum absolute atomic E-state index is 0.0227. The molecule has 1 N–H and O–H groups in total. The number of aromatic nitrogens is 2. The van der Waals surface area contributed by atoms with Crippen LogP contribution in [0.5, 0.6) is 0 Å². The standard InChI is InChI=1S/C20H20N4O2S/c1-12-7-8-17(23(12)3)20-22-16(11-27-20)19(26)21-15-6-4-5-14-9-10-24(13(2)25)18(14)15/h4-8,11H,9-10H2,1-3H3,(H,21,26). The van der Waals surface area contributed by atoms with Crippen molar-refractivity contribution in [2.75, 3.05) is 16.8 Å². The molecular weight excluding hydrogens is 360 g/mol. The number of carbonyl (C=O) groups is 2. The minimum Gasteiger partial charge on any atom is -0.346 e. The van der Waals surface area contributed by atoms with Crippen molar-refractivity contribution in [1.29, 1.82) is 0 Å². The zero-order chi connectivity index (χ0) is 19.1. The molecule has 3 heterocycles. The number of nitrogens with one attached hydrogen (secondary N) is 1. The Labute approximate surface area is 161 Å². The molecule has 0 atom stereocenters. The predicted molar refractivity (Wildman–Crippen MR) is 107 cm³/mol. The molecule has 1 aromatic carbocycles. The van der Waals surface area contributed by atoms with E-state index in [1.807, 2.05) is 44.3 Å². The lowest BCUT2D eigenvalue weighted by atomic mass is 10.1. The monoisotopic (exact) mass is 380 g/mol. The highest BCUT2D eigenvalue weighted by atomic mass is 32.1. The zero-order valence-electron chi connectivity index (χ0n) is 15.4. The van der Waals surface area contributed by atoms with Crippen LogP contribution in [0.1, 0.15) is 28.7 Å². The molecular formula is C20H20N4O2S. The molecule has 1 aliphatic heterocycles. The minimum atomic E-state index is -0.271. The molecule has 6 nitrogen and oxygen atoms in total. The average molecular weight is 380 g/mol. The molecule has 7 heteroatoms. The van der Waals surface area contributed by atoms with Gasteiger partial charge in [-0.05, 0) is 37.1 Å². The van der Waals surface area contributed by atoms with Crippen LogP contribution in [0.4, 0.5) is 11.4 Å². The molecule has 0 radical (unpaired) electrons. The van der Waals surface area contributed by atoms with E-state index in [1.54, 1.807) is 17.2 Å². The van der Waals surface area contributed by atoms with Crippen LogP contribution >= 0.6 is 11.3 Å². The molecule has 0 bridgehead atoms. The van der Waals surface area contributed by atoms with Crippen molar-refractivity contribution in [3.8, 4) is 10.7 Å². The van der Waals surface area contributed by atoms with E-state index in [4.69, 9.17) is 0 Å². The smallest absolute Gasteiger partial charge is 0.275 e. The van der Waals surface area contributed by atoms with Gasteiger partial charge in [0.1, 0.15) is 10.7 Å². The van der Waals surface area contributed by atoms with Crippen LogP contribution in [0, 0.1) is 6.92 Å². The highest BCUT2D eigenvalue weighted by Crippen LogP contribution is 2.36. The molecule has 0 aliphatic carbocycles. The number of rotatable bonds is 3. The summed E-state index contributed by atoms with van der Waals surface area (Å²) in [5.41, 5.74) is 5.01. The third-order valence-corrected chi connectivity index (χ3v) is 5.82. The number of nitrogens with zero attached hydrogens (tertiary/aromatic N) is 3. The van der Waals surface area contributed by atoms with Gasteiger partial charge in [-0.15, -0.1) is 11.3 Å². The van der Waals surface area contributed by atoms with Crippen molar-refractivity contribution in [3.05, 3.63) is 52.7 Å². The first-order valence-corrected chi connectivity index (χ1v) is 9.63. The lowest BCUT2D eigenvalue weighted by molar-refractivity contribution is -0.116. The second-order valence-electron chi connectivity index (χ2n) is 6.64. The molecule has 2 amide bonds. The second-order valence-corrected chi connectivity index (χ2v) is 7.50. The summed E-state index contributed by atoms with van der Waals surface area (Å²) < 4.78 is 2.05. The van der Waals surface area contributed by atoms with Crippen molar-refractivity contribution >= 4 is 34.5 Å². The molecule has 0 fully saturated rings. The maximum atomic E-state index is 12.7. The fourth-order valence-electron chi connectivity index (χ4n) is 3.38. The lowest BCUT2D eigenvalue weighted by Gasteiger charge is -2.18. The lowest BCUT2D eigenvalue weighted by Crippen LogP contribution is -2.27. The van der Waals surface area contributed by atoms with E-state index in [-0.39, 0.29) is 11.8 Å². The number of carbonyl (C=O) groups excluding carboxylic acids is 2. The Morgan fingerprint density at radius 2 is 2.04 bits per heavy atom. The maximum Gasteiger partial charge on any atom is 0.275 e. The Morgan fingerprint density at radius 1 is 1.22 bits per heavy atom. The number of benzene rings is 1. The second kappa shape index (κ2) is 6.66. The molecule has 3 aromatic rings. The van der Waals surface area contributed by atoms with Gasteiger partial charge in [0.25, 0.3) is 5.91 Å². The summed E-state index contributed by atoms with van der Waals surface area (Å²) >= 11 is 1.44. The third-order valence-electron chi connectivity index (χ3n) is 4.95. The van der Waals surface area contributed by atoms with Crippen molar-refractivity contribution in [2.24, 2.45) is 7.05 Å². The number of hydrogen-bond donors (Lipinski definition) is 1. The van der Waals surface area contributed by atoms with Gasteiger partial charge in [0.15, 0.2) is 0 Å². The fourth-order valence-corrected chi connectivity index (χ4v) is 4.24. The van der Waals surface area contributed by atoms with Crippen LogP contribution in [0.25, 0.3) is 10.7 Å². The molecule has 0 spiro atoms. The normalized spacial score (nSPS) is 12.9. The van der Waals surface area contributed by atoms with Gasteiger partial charge >= 0.3 is 0 Å². The van der Waals surface area contributed by atoms with E-state index in [9.17, 15) is 9.59 Å². The van der Waals surface area contributed by atoms with Crippen molar-refractivity contribution in [1.82, 2.24) is 9.55 Å². The van der Waals surface area contributed by atoms with Crippen LogP contribution in [-0.2, 0) is 18.3 Å². The highest BCUT2D eigenvalue weighted by Gasteiger charge is 2.26. The van der Waals surface area contributed by atoms with Crippen molar-refractivity contribution < 1.29 is 9.59 Å². The quantitative estimate of drug-likeness (QED) is 0.755. The summed E-state index contributed by atoms with van der Waals surface area (Å²) in [5.74, 6) is -0.294. The number of para-hydroxylation sites is 1. The number of aryl methyl sites for hydroxylation is 1. The van der Waals surface area contributed by atoms with Gasteiger partial charge in [0, 0.05) is 31.6 Å². The van der Waals surface area contributed by atoms with E-state index in [1.165, 1.54) is 11.3 Å². The summed E-state index contributed by atoms with van der Waals surface area (Å²) in [4.78, 5) is 30.9. The average Bonchev–Trinajstić information content (AvgIpc) is 3.35. The molecule has 0 saturated heterocycles. The number of thiazole rings is 1. The Kier molecular flexibility index (Phi) is 4.31. The Bertz CT molecular complexity index is 1050. The van der Waals surface area contributed by atoms with Crippen LogP contribution in [-0.4, -0.2) is 27.9 Å². The molecule has 138 valence electrons. The predicted octanol–water partition coefficient (Wildman–Crippen LogP) is 3.62. The summed E-state index contributed by atoms with van der Waals surface area (Å²) in [7, 11) is 1.98. The van der Waals surface area contributed by atoms with Gasteiger partial charge in [-0.1, -0.05) is 12.1 Å². The highest BCUT2D eigenvalue weighted by molar-refractivity contribution is 7.13. The Balaban J connectivity index is 1.61. The largest absolute Gasteiger partial charge is 0.346 e. The summed E-state index contributed by atoms with van der Waals surface area (Å²) in [6, 6.07) is 9.75. The van der Waals surface area contributed by atoms with Crippen molar-refractivity contribution in [2.45, 2.75) is 20.3 Å². The zero-order valence-corrected chi connectivity index (χ0v) is 16.3. The van der Waals surface area contributed by atoms with Gasteiger partial charge in [-0.3, -0.25) is 9.59 Å². The van der Waals surface area contributed by atoms with Crippen LogP contribution < -0.4 is 10.2 Å². The SMILES string of the molecule is CC(=O)N1CCc2cccc(NC(=O)c3csc(-c4ccc(C)n4C)n3)c21. The van der Waals surface area contributed by atoms with E-state index in [0.717, 1.165) is 34.1 Å². The van der Waals surface area contributed by atoms with Gasteiger partial charge in [-0.2, -0.15) is 0 Å². The van der Waals surface area contributed by atoms with Crippen molar-refractivity contribution in [3.63, 3.8) is 0 Å². The third kappa shape index (κ3) is 3.04. The van der Waals surface area contributed by atoms with Gasteiger partial charge < -0.3 is 14.8 Å². The van der Waals surface area contributed by atoms with Gasteiger partial charge in [0.2, 0.25) is 5.91 Å². The topological polar surface area (TPSA) is 67.2 Å². The summed E-state index contributed by atoms with van der Waals surface area (Å²) in [6.45, 7) is 4.22. The number of anilines is 2. The first kappa shape index (κ1) is 17.5. The molecule has 0 unspecified atom stereocenters. The molecule has 4 rings (SSSR count). The molecule has 27 heavy (non-hydrogen) atoms. The molecule has 2 aromatic heterocycles. The Hall–Kier alpha value is -2.93. The van der Waals surface area contributed by atoms with Gasteiger partial charge in [0.05, 0.1) is 17.1 Å². The van der Waals surface area contributed by atoms with Crippen LogP contribution in [0.15, 0.2) is 35.7 Å². The van der Waals surface area contributed by atoms with E-state index < -0.39 is 0 Å². The maximum absolute atomic E-state index is 12.7. The van der Waals surface area contributed by atoms with E-state index in [0.29, 0.717) is 17.9 Å². The summed E-state index contributed by atoms with van der Waals surface area (Å²) in [5, 5.41) is 5.50. The Morgan fingerprint density at radius 3 is 2.74 bits per heavy atom. The summed E-state index contributed by atoms with van der Waals surface area (Å²) in [6.07, 6.45) is 0.798. The first-order valence-electron chi connectivity index (χ1n) is 8.75. The number of hydrogen-bond acceptors (Lipinski definition) is 4. The number of amides is 2.